The lowest BCUT2D eigenvalue weighted by Gasteiger charge is -2.54. The van der Waals surface area contributed by atoms with Gasteiger partial charge in [-0.3, -0.25) is 19.2 Å². The molecule has 12 heterocycles. The van der Waals surface area contributed by atoms with Crippen LogP contribution in [0.5, 0.6) is 0 Å². The smallest absolute Gasteiger partial charge is 0.217 e. The van der Waals surface area contributed by atoms with Crippen LogP contribution in [0.1, 0.15) is 41.5 Å². The number of rotatable bonds is 35. The van der Waals surface area contributed by atoms with Crippen LogP contribution in [0.15, 0.2) is 0 Å². The molecule has 37 N–H and O–H groups in total. The van der Waals surface area contributed by atoms with Crippen LogP contribution in [-0.4, -0.2) is 626 Å². The fraction of sp³-hybridized carbons (Fsp3) is 0.950. The lowest BCUT2D eigenvalue weighted by Crippen LogP contribution is -2.74. The van der Waals surface area contributed by atoms with E-state index < -0.39 is 457 Å². The van der Waals surface area contributed by atoms with Crippen LogP contribution in [-0.2, 0) is 123 Å². The molecule has 0 aromatic carbocycles. The fourth-order valence-corrected chi connectivity index (χ4v) is 19.1. The zero-order chi connectivity index (χ0) is 105. The molecule has 0 aromatic rings. The molecular weight excluding hydrogens is 1960 g/mol. The Kier molecular flexibility index (Phi) is 41.4. The average molecular weight is 2100 g/mol. The van der Waals surface area contributed by atoms with Crippen molar-refractivity contribution in [2.45, 2.75) is 416 Å². The molecule has 4 amide bonds. The van der Waals surface area contributed by atoms with E-state index >= 15 is 0 Å². The Morgan fingerprint density at radius 3 is 0.895 bits per heavy atom. The summed E-state index contributed by atoms with van der Waals surface area (Å²) in [5.74, 6) is -4.37. The predicted octanol–water partition coefficient (Wildman–Crippen LogP) is -25.1. The molecule has 0 aliphatic carbocycles. The first-order chi connectivity index (χ1) is 67.6. The molecule has 828 valence electrons. The van der Waals surface area contributed by atoms with Crippen LogP contribution in [0.3, 0.4) is 0 Å². The molecule has 12 aliphatic heterocycles. The van der Waals surface area contributed by atoms with Crippen molar-refractivity contribution in [3.63, 3.8) is 0 Å². The van der Waals surface area contributed by atoms with Crippen LogP contribution in [0.2, 0.25) is 0 Å². The van der Waals surface area contributed by atoms with Crippen LogP contribution < -0.4 is 21.3 Å². The molecule has 0 bridgehead atoms. The van der Waals surface area contributed by atoms with E-state index in [1.54, 1.807) is 0 Å². The van der Waals surface area contributed by atoms with Gasteiger partial charge in [-0.1, -0.05) is 0 Å². The Bertz CT molecular complexity index is 3980. The van der Waals surface area contributed by atoms with Gasteiger partial charge < -0.3 is 294 Å². The van der Waals surface area contributed by atoms with Gasteiger partial charge in [-0.05, 0) is 13.8 Å². The van der Waals surface area contributed by atoms with Crippen molar-refractivity contribution in [2.24, 2.45) is 0 Å². The minimum absolute atomic E-state index is 0.803. The fourth-order valence-electron chi connectivity index (χ4n) is 19.1. The highest BCUT2D eigenvalue weighted by Gasteiger charge is 2.66. The first kappa shape index (κ1) is 117. The van der Waals surface area contributed by atoms with Gasteiger partial charge in [0, 0.05) is 27.7 Å². The number of aliphatic hydroxyl groups is 33. The molecule has 12 rings (SSSR count). The Morgan fingerprint density at radius 1 is 0.210 bits per heavy atom. The lowest BCUT2D eigenvalue weighted by atomic mass is 9.84. The Balaban J connectivity index is 0.984. The van der Waals surface area contributed by atoms with Crippen molar-refractivity contribution in [3.05, 3.63) is 0 Å². The number of hydrogen-bond acceptors (Lipinski definition) is 59. The summed E-state index contributed by atoms with van der Waals surface area (Å²) in [6.07, 6.45) is -131. The van der Waals surface area contributed by atoms with E-state index in [0.717, 1.165) is 34.6 Å². The molecule has 12 aliphatic rings. The average Bonchev–Trinajstić information content (AvgIpc) is 0.746. The molecule has 143 heavy (non-hydrogen) atoms. The maximum Gasteiger partial charge on any atom is 0.217 e. The van der Waals surface area contributed by atoms with Crippen LogP contribution in [0.4, 0.5) is 0 Å². The first-order valence-electron chi connectivity index (χ1n) is 45.9. The monoisotopic (exact) mass is 2090 g/mol. The molecule has 0 radical (unpaired) electrons. The number of hydrogen-bond donors (Lipinski definition) is 37. The number of nitrogens with one attached hydrogen (secondary N) is 4. The minimum Gasteiger partial charge on any atom is -0.394 e. The molecule has 61 atom stereocenters. The number of aliphatic hydroxyl groups excluding tert-OH is 33. The third-order valence-electron chi connectivity index (χ3n) is 26.9. The van der Waals surface area contributed by atoms with Gasteiger partial charge in [0.15, 0.2) is 69.2 Å². The topological polar surface area (TPSA) is 987 Å². The first-order valence-corrected chi connectivity index (χ1v) is 45.9. The molecule has 63 heteroatoms. The van der Waals surface area contributed by atoms with Crippen molar-refractivity contribution in [1.29, 1.82) is 0 Å². The van der Waals surface area contributed by atoms with Gasteiger partial charge in [0.2, 0.25) is 23.6 Å². The molecule has 0 aromatic heterocycles. The highest BCUT2D eigenvalue weighted by atomic mass is 16.8. The predicted molar refractivity (Wildman–Crippen MR) is 439 cm³/mol. The van der Waals surface area contributed by atoms with E-state index in [-0.39, 0.29) is 0 Å². The maximum atomic E-state index is 13.9. The summed E-state index contributed by atoms with van der Waals surface area (Å²) in [6.45, 7) is -5.60. The normalized spacial score (nSPS) is 50.9. The molecule has 12 saturated heterocycles. The lowest BCUT2D eigenvalue weighted by molar-refractivity contribution is -0.413. The summed E-state index contributed by atoms with van der Waals surface area (Å²) in [7, 11) is 0. The van der Waals surface area contributed by atoms with Gasteiger partial charge in [-0.15, -0.1) is 0 Å². The van der Waals surface area contributed by atoms with Gasteiger partial charge in [-0.25, -0.2) is 0 Å². The number of carbonyl (C=O) groups excluding carboxylic acids is 4. The second kappa shape index (κ2) is 50.5. The van der Waals surface area contributed by atoms with Crippen molar-refractivity contribution in [2.75, 3.05) is 59.5 Å². The second-order valence-corrected chi connectivity index (χ2v) is 36.7. The van der Waals surface area contributed by atoms with Gasteiger partial charge in [-0.2, -0.15) is 0 Å². The summed E-state index contributed by atoms with van der Waals surface area (Å²) < 4.78 is 134. The Hall–Kier alpha value is -4.32. The number of amides is 4. The summed E-state index contributed by atoms with van der Waals surface area (Å²) in [5.41, 5.74) is 0. The van der Waals surface area contributed by atoms with E-state index in [1.807, 2.05) is 0 Å². The SMILES string of the molecule is CC(=O)N[C@@H]1[C@@H](O)[C@H](O)[C@@H](CO)O[C@H]1C(O[C@@H]1O[C@H](CO)[C@H](O)[C@H](O[C@H]2O[C@H](CO)[C@H](O)[C@H](O)[C@H]2O)[C@H]1O[C@@H]1O[C@@H](C)[C@@H](O)[C@@H](O)[C@@H]1O)[C@H]1O[C@@H](O[C@H]2[C@H](O)[C@@H](NC(C)=O)[C@H](O[C@H]3[C@@H](O)[C@@H](CO)O[C@@H](O[C@H]4[C@H](O)[C@@H](O)[C@H](O)O[C@@H]4CO)[C@@H]3O)O[C@@H]2CO)[C@H](O)[C@@H](O[C@@H]2O[C@H](CO)[C@@H](O[C@@H]3O[C@H](CO)[C@H](O)[C@H](O[C@H]4O[C@H](CO)[C@H](O)[C@H](O)[C@H]4NC(C)=O)[C@H]3O[C@@H]3O[C@@H](C)[C@@H](O)[C@@H](O)[C@@H]3O)[C@H](O)[C@H]2NC(C)=O)[C@H]1O. The van der Waals surface area contributed by atoms with Crippen molar-refractivity contribution < 1.29 is 292 Å². The minimum atomic E-state index is -2.99. The number of ether oxygens (including phenoxy) is 22. The summed E-state index contributed by atoms with van der Waals surface area (Å²) in [5, 5.41) is 388. The van der Waals surface area contributed by atoms with E-state index in [2.05, 4.69) is 21.3 Å². The van der Waals surface area contributed by atoms with Crippen molar-refractivity contribution in [3.8, 4) is 0 Å². The summed E-state index contributed by atoms with van der Waals surface area (Å²) in [4.78, 5) is 53.9. The van der Waals surface area contributed by atoms with E-state index in [1.165, 1.54) is 6.92 Å². The van der Waals surface area contributed by atoms with E-state index in [0.29, 0.717) is 0 Å². The largest absolute Gasteiger partial charge is 0.394 e. The van der Waals surface area contributed by atoms with Gasteiger partial charge in [0.25, 0.3) is 0 Å². The van der Waals surface area contributed by atoms with Crippen LogP contribution in [0, 0.1) is 0 Å². The molecule has 0 saturated carbocycles. The molecule has 0 spiro atoms. The molecule has 12 fully saturated rings. The molecule has 1 unspecified atom stereocenters. The highest BCUT2D eigenvalue weighted by molar-refractivity contribution is 5.74. The van der Waals surface area contributed by atoms with Crippen molar-refractivity contribution >= 4 is 23.6 Å². The summed E-state index contributed by atoms with van der Waals surface area (Å²) in [6, 6.07) is -8.76. The van der Waals surface area contributed by atoms with E-state index in [9.17, 15) is 188 Å². The van der Waals surface area contributed by atoms with E-state index in [4.69, 9.17) is 104 Å². The van der Waals surface area contributed by atoms with Gasteiger partial charge in [0.1, 0.15) is 287 Å². The Labute approximate surface area is 809 Å². The van der Waals surface area contributed by atoms with Gasteiger partial charge in [0.05, 0.1) is 77.7 Å². The molecular formula is C80H134N4O59. The standard InChI is InChI=1S/C80H134N4O59/c1-16-35(98)47(110)52(115)74(122-16)142-68-64(138-71-32(82-19(4)95)44(107)38(101)23(8-86)126-71)41(104)26(11-89)129-79(68)135-59-30(15-93)132-73(34(46(59)109)84-21(6)97)137-63-55(118)66(140-78(57(63)120)133-58-29(14-92)131-72(33(45(58)108)83-20(5)96)136-62-40(103)25(10-88)128-77(56(62)119)134-60-28(13-91)125-70(121)51(114)50(60)113)67(61-31(81-18(3)94)43(106)37(100)22(7-85)124-61)141-80-69(143-75-53(116)48(111)36(99)17(2)123-75)65(42(105)27(12-90)130-80)139-76-54(117)49(112)39(102)24(9-87)127-76/h16-17,22-80,85-93,98-121H,7-15H2,1-6H3,(H,81,94)(H,82,95)(H,83,96)(H,84,97)/t16-,17-,22+,23+,24+,25+,26+,27+,28+,29+,30+,31+,32+,33+,34+,35+,36+,37+,38-,39-,40-,41-,42-,43+,44+,45+,46+,47+,48+,49-,50+,51+,52-,53-,54+,55+,56+,57+,58+,59+,60+,61+,62-,63-,64-,65-,66-,67?,68+,69+,70+,71+,72-,73-,74-,75-,76+,77-,78+,79-,80-/m0/s1. The second-order valence-electron chi connectivity index (χ2n) is 36.7. The summed E-state index contributed by atoms with van der Waals surface area (Å²) >= 11 is 0. The maximum absolute atomic E-state index is 13.9. The quantitative estimate of drug-likeness (QED) is 0.0280. The van der Waals surface area contributed by atoms with Gasteiger partial charge >= 0.3 is 0 Å². The number of carbonyl (C=O) groups is 4. The third kappa shape index (κ3) is 25.1. The zero-order valence-corrected chi connectivity index (χ0v) is 77.0. The molecule has 63 nitrogen and oxygen atoms in total. The zero-order valence-electron chi connectivity index (χ0n) is 77.0. The highest BCUT2D eigenvalue weighted by Crippen LogP contribution is 2.45. The van der Waals surface area contributed by atoms with Crippen LogP contribution >= 0.6 is 0 Å². The van der Waals surface area contributed by atoms with Crippen LogP contribution in [0.25, 0.3) is 0 Å². The third-order valence-corrected chi connectivity index (χ3v) is 26.9. The van der Waals surface area contributed by atoms with Crippen molar-refractivity contribution in [1.82, 2.24) is 21.3 Å². The Morgan fingerprint density at radius 2 is 0.476 bits per heavy atom.